The van der Waals surface area contributed by atoms with Crippen molar-refractivity contribution in [1.82, 2.24) is 10.3 Å². The van der Waals surface area contributed by atoms with E-state index in [0.717, 1.165) is 17.5 Å². The van der Waals surface area contributed by atoms with Crippen LogP contribution >= 0.6 is 0 Å². The Morgan fingerprint density at radius 3 is 2.65 bits per heavy atom. The van der Waals surface area contributed by atoms with E-state index in [2.05, 4.69) is 10.3 Å². The normalized spacial score (nSPS) is 11.9. The molecule has 0 saturated carbocycles. The first-order valence-corrected chi connectivity index (χ1v) is 6.67. The summed E-state index contributed by atoms with van der Waals surface area (Å²) in [5, 5.41) is 2.95. The van der Waals surface area contributed by atoms with E-state index in [1.807, 2.05) is 49.4 Å². The summed E-state index contributed by atoms with van der Waals surface area (Å²) in [6.45, 7) is 2.27. The second-order valence-corrected chi connectivity index (χ2v) is 4.76. The summed E-state index contributed by atoms with van der Waals surface area (Å²) >= 11 is 0. The zero-order chi connectivity index (χ0) is 14.4. The fourth-order valence-corrected chi connectivity index (χ4v) is 2.07. The number of aryl methyl sites for hydroxylation is 1. The molecule has 1 unspecified atom stereocenters. The van der Waals surface area contributed by atoms with Gasteiger partial charge in [0.25, 0.3) is 5.91 Å². The number of carbonyl (C=O) groups excluding carboxylic acids is 1. The maximum Gasteiger partial charge on any atom is 0.270 e. The largest absolute Gasteiger partial charge is 0.346 e. The van der Waals surface area contributed by atoms with Gasteiger partial charge in [-0.1, -0.05) is 36.4 Å². The Kier molecular flexibility index (Phi) is 4.85. The van der Waals surface area contributed by atoms with Crippen molar-refractivity contribution >= 4 is 5.91 Å². The Hall–Kier alpha value is -2.20. The van der Waals surface area contributed by atoms with E-state index in [1.165, 1.54) is 0 Å². The van der Waals surface area contributed by atoms with Gasteiger partial charge >= 0.3 is 0 Å². The lowest BCUT2D eigenvalue weighted by atomic mass is 10.1. The average Bonchev–Trinajstić information content (AvgIpc) is 2.48. The van der Waals surface area contributed by atoms with Crippen LogP contribution in [-0.2, 0) is 6.42 Å². The van der Waals surface area contributed by atoms with Crippen molar-refractivity contribution < 1.29 is 4.79 Å². The van der Waals surface area contributed by atoms with Gasteiger partial charge in [0, 0.05) is 18.8 Å². The number of amides is 1. The van der Waals surface area contributed by atoms with Crippen molar-refractivity contribution in [1.29, 1.82) is 0 Å². The predicted molar refractivity (Wildman–Crippen MR) is 79.4 cm³/mol. The number of nitrogens with two attached hydrogens (primary N) is 1. The lowest BCUT2D eigenvalue weighted by molar-refractivity contribution is 0.0932. The van der Waals surface area contributed by atoms with Crippen LogP contribution < -0.4 is 11.1 Å². The van der Waals surface area contributed by atoms with Gasteiger partial charge in [-0.25, -0.2) is 0 Å². The molecule has 1 aromatic heterocycles. The molecule has 0 fully saturated rings. The van der Waals surface area contributed by atoms with Gasteiger partial charge in [-0.2, -0.15) is 0 Å². The van der Waals surface area contributed by atoms with E-state index in [9.17, 15) is 4.79 Å². The quantitative estimate of drug-likeness (QED) is 0.868. The van der Waals surface area contributed by atoms with E-state index < -0.39 is 0 Å². The Bertz CT molecular complexity index is 569. The average molecular weight is 269 g/mol. The molecule has 0 aliphatic heterocycles. The van der Waals surface area contributed by atoms with Crippen LogP contribution in [0.25, 0.3) is 0 Å². The third-order valence-corrected chi connectivity index (χ3v) is 3.17. The summed E-state index contributed by atoms with van der Waals surface area (Å²) in [5.74, 6) is -0.172. The minimum atomic E-state index is -0.172. The van der Waals surface area contributed by atoms with E-state index in [0.29, 0.717) is 12.2 Å². The standard InChI is InChI=1S/C16H19N3O/c1-12-6-5-9-18-15(12)16(20)19-14(11-17)10-13-7-3-2-4-8-13/h2-9,14H,10-11,17H2,1H3,(H,19,20). The van der Waals surface area contributed by atoms with Crippen LogP contribution in [0, 0.1) is 6.92 Å². The summed E-state index contributed by atoms with van der Waals surface area (Å²) < 4.78 is 0. The molecule has 0 saturated heterocycles. The lowest BCUT2D eigenvalue weighted by Gasteiger charge is -2.17. The zero-order valence-electron chi connectivity index (χ0n) is 11.5. The first-order valence-electron chi connectivity index (χ1n) is 6.67. The van der Waals surface area contributed by atoms with Gasteiger partial charge < -0.3 is 11.1 Å². The Balaban J connectivity index is 2.03. The number of carbonyl (C=O) groups is 1. The van der Waals surface area contributed by atoms with Crippen LogP contribution in [-0.4, -0.2) is 23.5 Å². The molecule has 2 rings (SSSR count). The highest BCUT2D eigenvalue weighted by atomic mass is 16.1. The Morgan fingerprint density at radius 2 is 2.00 bits per heavy atom. The second-order valence-electron chi connectivity index (χ2n) is 4.76. The number of rotatable bonds is 5. The van der Waals surface area contributed by atoms with Gasteiger partial charge in [0.15, 0.2) is 0 Å². The van der Waals surface area contributed by atoms with E-state index >= 15 is 0 Å². The van der Waals surface area contributed by atoms with Gasteiger partial charge in [0.1, 0.15) is 5.69 Å². The molecule has 2 aromatic rings. The molecule has 1 amide bonds. The molecule has 3 N–H and O–H groups in total. The van der Waals surface area contributed by atoms with Crippen LogP contribution in [0.3, 0.4) is 0 Å². The van der Waals surface area contributed by atoms with Crippen molar-refractivity contribution in [3.05, 3.63) is 65.5 Å². The van der Waals surface area contributed by atoms with Crippen molar-refractivity contribution in [2.75, 3.05) is 6.54 Å². The molecule has 0 radical (unpaired) electrons. The zero-order valence-corrected chi connectivity index (χ0v) is 11.5. The molecular formula is C16H19N3O. The number of benzene rings is 1. The molecule has 20 heavy (non-hydrogen) atoms. The molecule has 0 aliphatic carbocycles. The number of nitrogens with zero attached hydrogens (tertiary/aromatic N) is 1. The van der Waals surface area contributed by atoms with Crippen molar-refractivity contribution in [3.63, 3.8) is 0 Å². The highest BCUT2D eigenvalue weighted by molar-refractivity contribution is 5.93. The number of aromatic nitrogens is 1. The summed E-state index contributed by atoms with van der Waals surface area (Å²) in [4.78, 5) is 16.3. The van der Waals surface area contributed by atoms with Crippen molar-refractivity contribution in [2.45, 2.75) is 19.4 Å². The molecular weight excluding hydrogens is 250 g/mol. The van der Waals surface area contributed by atoms with Gasteiger partial charge in [-0.3, -0.25) is 9.78 Å². The molecule has 4 heteroatoms. The smallest absolute Gasteiger partial charge is 0.270 e. The number of hydrogen-bond donors (Lipinski definition) is 2. The Morgan fingerprint density at radius 1 is 1.25 bits per heavy atom. The van der Waals surface area contributed by atoms with Crippen LogP contribution in [0.15, 0.2) is 48.7 Å². The first-order chi connectivity index (χ1) is 9.70. The molecule has 1 atom stereocenters. The molecule has 0 aliphatic rings. The fourth-order valence-electron chi connectivity index (χ4n) is 2.07. The number of hydrogen-bond acceptors (Lipinski definition) is 3. The van der Waals surface area contributed by atoms with Crippen molar-refractivity contribution in [2.24, 2.45) is 5.73 Å². The lowest BCUT2D eigenvalue weighted by Crippen LogP contribution is -2.42. The van der Waals surface area contributed by atoms with Crippen LogP contribution in [0.4, 0.5) is 0 Å². The summed E-state index contributed by atoms with van der Waals surface area (Å²) in [6, 6.07) is 13.6. The maximum absolute atomic E-state index is 12.2. The molecule has 0 spiro atoms. The molecule has 0 bridgehead atoms. The second kappa shape index (κ2) is 6.82. The van der Waals surface area contributed by atoms with Gasteiger partial charge in [0.05, 0.1) is 0 Å². The molecule has 104 valence electrons. The van der Waals surface area contributed by atoms with Crippen LogP contribution in [0.2, 0.25) is 0 Å². The minimum Gasteiger partial charge on any atom is -0.346 e. The fraction of sp³-hybridized carbons (Fsp3) is 0.250. The van der Waals surface area contributed by atoms with Crippen molar-refractivity contribution in [3.8, 4) is 0 Å². The van der Waals surface area contributed by atoms with Gasteiger partial charge in [0.2, 0.25) is 0 Å². The van der Waals surface area contributed by atoms with Gasteiger partial charge in [-0.05, 0) is 30.5 Å². The topological polar surface area (TPSA) is 68.0 Å². The summed E-state index contributed by atoms with van der Waals surface area (Å²) in [5.41, 5.74) is 8.22. The SMILES string of the molecule is Cc1cccnc1C(=O)NC(CN)Cc1ccccc1. The third kappa shape index (κ3) is 3.65. The molecule has 1 aromatic carbocycles. The molecule has 4 nitrogen and oxygen atoms in total. The van der Waals surface area contributed by atoms with Crippen LogP contribution in [0.1, 0.15) is 21.6 Å². The van der Waals surface area contributed by atoms with Gasteiger partial charge in [-0.15, -0.1) is 0 Å². The minimum absolute atomic E-state index is 0.0914. The summed E-state index contributed by atoms with van der Waals surface area (Å²) in [6.07, 6.45) is 2.34. The highest BCUT2D eigenvalue weighted by Gasteiger charge is 2.15. The van der Waals surface area contributed by atoms with E-state index in [1.54, 1.807) is 6.20 Å². The van der Waals surface area contributed by atoms with E-state index in [-0.39, 0.29) is 11.9 Å². The maximum atomic E-state index is 12.2. The number of nitrogens with one attached hydrogen (secondary N) is 1. The third-order valence-electron chi connectivity index (χ3n) is 3.17. The monoisotopic (exact) mass is 269 g/mol. The van der Waals surface area contributed by atoms with Crippen LogP contribution in [0.5, 0.6) is 0 Å². The highest BCUT2D eigenvalue weighted by Crippen LogP contribution is 2.06. The molecule has 1 heterocycles. The predicted octanol–water partition coefficient (Wildman–Crippen LogP) is 1.69. The van der Waals surface area contributed by atoms with E-state index in [4.69, 9.17) is 5.73 Å². The first kappa shape index (κ1) is 14.2. The number of pyridine rings is 1. The Labute approximate surface area is 119 Å². The summed E-state index contributed by atoms with van der Waals surface area (Å²) in [7, 11) is 0.